The third kappa shape index (κ3) is 3.61. The Bertz CT molecular complexity index is 505. The quantitative estimate of drug-likeness (QED) is 0.844. The van der Waals surface area contributed by atoms with Gasteiger partial charge in [-0.25, -0.2) is 0 Å². The first-order chi connectivity index (χ1) is 10.0. The molecule has 2 N–H and O–H groups in total. The first-order valence-electron chi connectivity index (χ1n) is 7.37. The van der Waals surface area contributed by atoms with Gasteiger partial charge in [0.2, 0.25) is 5.91 Å². The van der Waals surface area contributed by atoms with Crippen molar-refractivity contribution in [3.8, 4) is 0 Å². The normalized spacial score (nSPS) is 16.7. The summed E-state index contributed by atoms with van der Waals surface area (Å²) in [6, 6.07) is 7.64. The maximum atomic E-state index is 12.1. The van der Waals surface area contributed by atoms with Gasteiger partial charge < -0.3 is 15.5 Å². The molecule has 0 aromatic heterocycles. The SMILES string of the molecule is CC(=O)c1ccc(N2CCN(C(=O)C(C)CN)CC2)cc1. The molecule has 0 bridgehead atoms. The topological polar surface area (TPSA) is 66.6 Å². The van der Waals surface area contributed by atoms with Crippen molar-refractivity contribution in [3.05, 3.63) is 29.8 Å². The van der Waals surface area contributed by atoms with E-state index in [2.05, 4.69) is 4.90 Å². The minimum Gasteiger partial charge on any atom is -0.368 e. The number of carbonyl (C=O) groups excluding carboxylic acids is 2. The minimum atomic E-state index is -0.105. The molecule has 1 aromatic carbocycles. The molecule has 0 saturated carbocycles. The monoisotopic (exact) mass is 289 g/mol. The van der Waals surface area contributed by atoms with Crippen molar-refractivity contribution in [1.29, 1.82) is 0 Å². The Labute approximate surface area is 125 Å². The molecular formula is C16H23N3O2. The number of piperazine rings is 1. The Morgan fingerprint density at radius 3 is 2.19 bits per heavy atom. The lowest BCUT2D eigenvalue weighted by Crippen LogP contribution is -2.50. The molecule has 1 atom stereocenters. The van der Waals surface area contributed by atoms with Crippen LogP contribution in [0, 0.1) is 5.92 Å². The fourth-order valence-electron chi connectivity index (χ4n) is 2.50. The predicted octanol–water partition coefficient (Wildman–Crippen LogP) is 1.13. The van der Waals surface area contributed by atoms with Crippen molar-refractivity contribution in [3.63, 3.8) is 0 Å². The maximum absolute atomic E-state index is 12.1. The van der Waals surface area contributed by atoms with Crippen molar-refractivity contribution >= 4 is 17.4 Å². The van der Waals surface area contributed by atoms with Crippen LogP contribution in [0.4, 0.5) is 5.69 Å². The third-order valence-electron chi connectivity index (χ3n) is 4.01. The number of ketones is 1. The molecule has 1 aromatic rings. The Kier molecular flexibility index (Phi) is 4.96. The second-order valence-electron chi connectivity index (χ2n) is 5.55. The largest absolute Gasteiger partial charge is 0.368 e. The number of hydrogen-bond donors (Lipinski definition) is 1. The van der Waals surface area contributed by atoms with Crippen LogP contribution in [-0.4, -0.2) is 49.3 Å². The van der Waals surface area contributed by atoms with Gasteiger partial charge in [0.1, 0.15) is 0 Å². The second kappa shape index (κ2) is 6.72. The molecule has 1 amide bonds. The van der Waals surface area contributed by atoms with E-state index in [9.17, 15) is 9.59 Å². The van der Waals surface area contributed by atoms with Gasteiger partial charge in [0.15, 0.2) is 5.78 Å². The summed E-state index contributed by atoms with van der Waals surface area (Å²) in [4.78, 5) is 27.5. The molecule has 1 heterocycles. The standard InChI is InChI=1S/C16H23N3O2/c1-12(11-17)16(21)19-9-7-18(8-10-19)15-5-3-14(4-6-15)13(2)20/h3-6,12H,7-11,17H2,1-2H3. The van der Waals surface area contributed by atoms with E-state index in [1.165, 1.54) is 0 Å². The Morgan fingerprint density at radius 1 is 1.14 bits per heavy atom. The first kappa shape index (κ1) is 15.5. The average Bonchev–Trinajstić information content (AvgIpc) is 2.53. The Morgan fingerprint density at radius 2 is 1.71 bits per heavy atom. The summed E-state index contributed by atoms with van der Waals surface area (Å²) in [6.45, 7) is 6.89. The summed E-state index contributed by atoms with van der Waals surface area (Å²) >= 11 is 0. The number of anilines is 1. The highest BCUT2D eigenvalue weighted by atomic mass is 16.2. The van der Waals surface area contributed by atoms with Crippen molar-refractivity contribution < 1.29 is 9.59 Å². The van der Waals surface area contributed by atoms with Gasteiger partial charge >= 0.3 is 0 Å². The molecule has 1 aliphatic heterocycles. The lowest BCUT2D eigenvalue weighted by atomic mass is 10.1. The molecule has 114 valence electrons. The zero-order valence-corrected chi connectivity index (χ0v) is 12.7. The van der Waals surface area contributed by atoms with Crippen molar-refractivity contribution in [2.45, 2.75) is 13.8 Å². The number of benzene rings is 1. The van der Waals surface area contributed by atoms with E-state index >= 15 is 0 Å². The molecule has 0 aliphatic carbocycles. The Hall–Kier alpha value is -1.88. The molecule has 0 spiro atoms. The molecule has 5 heteroatoms. The van der Waals surface area contributed by atoms with Crippen LogP contribution >= 0.6 is 0 Å². The van der Waals surface area contributed by atoms with Crippen LogP contribution in [-0.2, 0) is 4.79 Å². The number of nitrogens with zero attached hydrogens (tertiary/aromatic N) is 2. The maximum Gasteiger partial charge on any atom is 0.226 e. The Balaban J connectivity index is 1.94. The van der Waals surface area contributed by atoms with Crippen LogP contribution in [0.5, 0.6) is 0 Å². The van der Waals surface area contributed by atoms with Crippen LogP contribution in [0.15, 0.2) is 24.3 Å². The van der Waals surface area contributed by atoms with Gasteiger partial charge in [-0.3, -0.25) is 9.59 Å². The zero-order valence-electron chi connectivity index (χ0n) is 12.7. The van der Waals surface area contributed by atoms with E-state index in [1.807, 2.05) is 36.1 Å². The molecule has 21 heavy (non-hydrogen) atoms. The average molecular weight is 289 g/mol. The summed E-state index contributed by atoms with van der Waals surface area (Å²) in [7, 11) is 0. The second-order valence-corrected chi connectivity index (χ2v) is 5.55. The minimum absolute atomic E-state index is 0.0766. The highest BCUT2D eigenvalue weighted by Gasteiger charge is 2.24. The first-order valence-corrected chi connectivity index (χ1v) is 7.37. The number of hydrogen-bond acceptors (Lipinski definition) is 4. The molecular weight excluding hydrogens is 266 g/mol. The smallest absolute Gasteiger partial charge is 0.226 e. The fraction of sp³-hybridized carbons (Fsp3) is 0.500. The van der Waals surface area contributed by atoms with Gasteiger partial charge in [-0.2, -0.15) is 0 Å². The lowest BCUT2D eigenvalue weighted by molar-refractivity contribution is -0.134. The van der Waals surface area contributed by atoms with Gasteiger partial charge in [-0.15, -0.1) is 0 Å². The summed E-state index contributed by atoms with van der Waals surface area (Å²) in [5.41, 5.74) is 7.37. The third-order valence-corrected chi connectivity index (χ3v) is 4.01. The van der Waals surface area contributed by atoms with Crippen LogP contribution < -0.4 is 10.6 Å². The zero-order chi connectivity index (χ0) is 15.4. The predicted molar refractivity (Wildman–Crippen MR) is 83.5 cm³/mol. The highest BCUT2D eigenvalue weighted by molar-refractivity contribution is 5.94. The van der Waals surface area contributed by atoms with E-state index in [0.29, 0.717) is 6.54 Å². The van der Waals surface area contributed by atoms with Gasteiger partial charge in [-0.1, -0.05) is 6.92 Å². The van der Waals surface area contributed by atoms with E-state index in [1.54, 1.807) is 6.92 Å². The lowest BCUT2D eigenvalue weighted by Gasteiger charge is -2.37. The van der Waals surface area contributed by atoms with Gasteiger partial charge in [0.25, 0.3) is 0 Å². The fourth-order valence-corrected chi connectivity index (χ4v) is 2.50. The van der Waals surface area contributed by atoms with Gasteiger partial charge in [0.05, 0.1) is 0 Å². The molecule has 1 saturated heterocycles. The molecule has 1 aliphatic rings. The highest BCUT2D eigenvalue weighted by Crippen LogP contribution is 2.18. The van der Waals surface area contributed by atoms with E-state index in [-0.39, 0.29) is 17.6 Å². The van der Waals surface area contributed by atoms with E-state index < -0.39 is 0 Å². The summed E-state index contributed by atoms with van der Waals surface area (Å²) in [5, 5.41) is 0. The number of Topliss-reactive ketones (excluding diaryl/α,β-unsaturated/α-hetero) is 1. The number of rotatable bonds is 4. The number of nitrogens with two attached hydrogens (primary N) is 1. The van der Waals surface area contributed by atoms with Crippen LogP contribution in [0.1, 0.15) is 24.2 Å². The molecule has 1 unspecified atom stereocenters. The molecule has 5 nitrogen and oxygen atoms in total. The van der Waals surface area contributed by atoms with Crippen LogP contribution in [0.2, 0.25) is 0 Å². The molecule has 2 rings (SSSR count). The molecule has 1 fully saturated rings. The summed E-state index contributed by atoms with van der Waals surface area (Å²) < 4.78 is 0. The number of carbonyl (C=O) groups is 2. The van der Waals surface area contributed by atoms with Gasteiger partial charge in [0, 0.05) is 49.9 Å². The van der Waals surface area contributed by atoms with Gasteiger partial charge in [-0.05, 0) is 31.2 Å². The van der Waals surface area contributed by atoms with E-state index in [4.69, 9.17) is 5.73 Å². The summed E-state index contributed by atoms with van der Waals surface area (Å²) in [6.07, 6.45) is 0. The van der Waals surface area contributed by atoms with Crippen molar-refractivity contribution in [2.24, 2.45) is 11.7 Å². The number of amides is 1. The van der Waals surface area contributed by atoms with Crippen LogP contribution in [0.3, 0.4) is 0 Å². The molecule has 0 radical (unpaired) electrons. The van der Waals surface area contributed by atoms with Crippen LogP contribution in [0.25, 0.3) is 0 Å². The van der Waals surface area contributed by atoms with Crippen molar-refractivity contribution in [1.82, 2.24) is 4.90 Å². The van der Waals surface area contributed by atoms with E-state index in [0.717, 1.165) is 37.4 Å². The summed E-state index contributed by atoms with van der Waals surface area (Å²) in [5.74, 6) is 0.114. The van der Waals surface area contributed by atoms with Crippen molar-refractivity contribution in [2.75, 3.05) is 37.6 Å².